The van der Waals surface area contributed by atoms with Gasteiger partial charge >= 0.3 is 6.09 Å². The summed E-state index contributed by atoms with van der Waals surface area (Å²) in [6, 6.07) is 11.0. The number of carbonyl (C=O) groups excluding carboxylic acids is 1. The number of benzene rings is 1. The van der Waals surface area contributed by atoms with Crippen LogP contribution in [-0.2, 0) is 11.2 Å². The summed E-state index contributed by atoms with van der Waals surface area (Å²) in [6.07, 6.45) is 4.38. The molecular weight excluding hydrogens is 288 g/mol. The van der Waals surface area contributed by atoms with Crippen molar-refractivity contribution in [3.8, 4) is 0 Å². The Morgan fingerprint density at radius 3 is 2.70 bits per heavy atom. The number of piperidine rings is 1. The summed E-state index contributed by atoms with van der Waals surface area (Å²) >= 11 is 0. The summed E-state index contributed by atoms with van der Waals surface area (Å²) < 4.78 is 5.32. The Labute approximate surface area is 140 Å². The minimum atomic E-state index is -0.441. The Hall–Kier alpha value is -1.55. The number of nitrogens with zero attached hydrogens (tertiary/aromatic N) is 1. The van der Waals surface area contributed by atoms with E-state index in [1.165, 1.54) is 18.4 Å². The smallest absolute Gasteiger partial charge is 0.407 e. The molecule has 0 bridgehead atoms. The van der Waals surface area contributed by atoms with Crippen LogP contribution in [0.25, 0.3) is 0 Å². The van der Waals surface area contributed by atoms with Crippen LogP contribution in [-0.4, -0.2) is 42.3 Å². The minimum Gasteiger partial charge on any atom is -0.444 e. The highest BCUT2D eigenvalue weighted by atomic mass is 16.6. The normalized spacial score (nSPS) is 19.3. The van der Waals surface area contributed by atoms with Gasteiger partial charge in [-0.15, -0.1) is 0 Å². The molecule has 0 saturated carbocycles. The number of hydrogen-bond donors (Lipinski definition) is 1. The van der Waals surface area contributed by atoms with E-state index in [9.17, 15) is 4.79 Å². The fourth-order valence-electron chi connectivity index (χ4n) is 3.02. The molecule has 1 atom stereocenters. The van der Waals surface area contributed by atoms with Crippen molar-refractivity contribution in [1.82, 2.24) is 10.2 Å². The van der Waals surface area contributed by atoms with Crippen LogP contribution in [0, 0.1) is 0 Å². The van der Waals surface area contributed by atoms with Crippen LogP contribution in [0.3, 0.4) is 0 Å². The van der Waals surface area contributed by atoms with Gasteiger partial charge in [0.1, 0.15) is 5.60 Å². The van der Waals surface area contributed by atoms with Crippen molar-refractivity contribution in [2.24, 2.45) is 0 Å². The van der Waals surface area contributed by atoms with Gasteiger partial charge < -0.3 is 10.1 Å². The molecular formula is C19H30N2O2. The fraction of sp³-hybridized carbons (Fsp3) is 0.632. The van der Waals surface area contributed by atoms with Crippen LogP contribution in [0.5, 0.6) is 0 Å². The Morgan fingerprint density at radius 2 is 2.00 bits per heavy atom. The highest BCUT2D eigenvalue weighted by Gasteiger charge is 2.23. The summed E-state index contributed by atoms with van der Waals surface area (Å²) in [7, 11) is 0. The van der Waals surface area contributed by atoms with Crippen LogP contribution in [0.15, 0.2) is 30.3 Å². The highest BCUT2D eigenvalue weighted by Crippen LogP contribution is 2.17. The lowest BCUT2D eigenvalue weighted by Crippen LogP contribution is -2.48. The maximum atomic E-state index is 11.8. The molecule has 1 amide bonds. The second-order valence-corrected chi connectivity index (χ2v) is 7.30. The van der Waals surface area contributed by atoms with Gasteiger partial charge in [0.2, 0.25) is 0 Å². The third kappa shape index (κ3) is 6.61. The maximum Gasteiger partial charge on any atom is 0.407 e. The van der Waals surface area contributed by atoms with E-state index in [-0.39, 0.29) is 6.09 Å². The predicted molar refractivity (Wildman–Crippen MR) is 93.6 cm³/mol. The first kappa shape index (κ1) is 17.8. The maximum absolute atomic E-state index is 11.8. The molecule has 0 spiro atoms. The summed E-state index contributed by atoms with van der Waals surface area (Å²) in [5.41, 5.74) is 0.931. The quantitative estimate of drug-likeness (QED) is 0.902. The van der Waals surface area contributed by atoms with Gasteiger partial charge in [-0.25, -0.2) is 4.79 Å². The van der Waals surface area contributed by atoms with Crippen LogP contribution >= 0.6 is 0 Å². The number of ether oxygens (including phenoxy) is 1. The molecule has 1 unspecified atom stereocenters. The number of alkyl carbamates (subject to hydrolysis) is 1. The molecule has 0 aromatic heterocycles. The zero-order valence-electron chi connectivity index (χ0n) is 14.7. The van der Waals surface area contributed by atoms with Crippen LogP contribution in [0.4, 0.5) is 4.79 Å². The molecule has 1 aliphatic rings. The van der Waals surface area contributed by atoms with E-state index >= 15 is 0 Å². The van der Waals surface area contributed by atoms with Gasteiger partial charge in [0.25, 0.3) is 0 Å². The lowest BCUT2D eigenvalue weighted by atomic mass is 10.0. The van der Waals surface area contributed by atoms with Gasteiger partial charge in [0.15, 0.2) is 0 Å². The lowest BCUT2D eigenvalue weighted by molar-refractivity contribution is 0.0495. The Morgan fingerprint density at radius 1 is 1.26 bits per heavy atom. The highest BCUT2D eigenvalue weighted by molar-refractivity contribution is 5.67. The van der Waals surface area contributed by atoms with Crippen molar-refractivity contribution < 1.29 is 9.53 Å². The molecule has 128 valence electrons. The number of carbonyl (C=O) groups is 1. The summed E-state index contributed by atoms with van der Waals surface area (Å²) in [6.45, 7) is 8.50. The van der Waals surface area contributed by atoms with E-state index in [1.54, 1.807) is 0 Å². The summed E-state index contributed by atoms with van der Waals surface area (Å²) in [5, 5.41) is 2.93. The average Bonchev–Trinajstić information content (AvgIpc) is 2.51. The average molecular weight is 318 g/mol. The third-order valence-electron chi connectivity index (χ3n) is 4.16. The minimum absolute atomic E-state index is 0.314. The fourth-order valence-corrected chi connectivity index (χ4v) is 3.02. The van der Waals surface area contributed by atoms with Gasteiger partial charge in [-0.05, 0) is 52.1 Å². The van der Waals surface area contributed by atoms with Gasteiger partial charge in [-0.3, -0.25) is 4.90 Å². The van der Waals surface area contributed by atoms with E-state index in [4.69, 9.17) is 4.74 Å². The summed E-state index contributed by atoms with van der Waals surface area (Å²) in [4.78, 5) is 14.3. The van der Waals surface area contributed by atoms with E-state index in [0.717, 1.165) is 25.9 Å². The number of rotatable bonds is 5. The number of likely N-dealkylation sites (tertiary alicyclic amines) is 1. The van der Waals surface area contributed by atoms with Crippen molar-refractivity contribution >= 4 is 6.09 Å². The molecule has 1 heterocycles. The Bertz CT molecular complexity index is 482. The molecule has 4 nitrogen and oxygen atoms in total. The molecule has 23 heavy (non-hydrogen) atoms. The SMILES string of the molecule is CC(C)(C)OC(=O)NCC1CCCCN1CCc1ccccc1. The van der Waals surface area contributed by atoms with E-state index in [2.05, 4.69) is 40.5 Å². The largest absolute Gasteiger partial charge is 0.444 e. The van der Waals surface area contributed by atoms with Crippen molar-refractivity contribution in [3.05, 3.63) is 35.9 Å². The van der Waals surface area contributed by atoms with E-state index < -0.39 is 5.60 Å². The number of amides is 1. The molecule has 4 heteroatoms. The zero-order chi connectivity index (χ0) is 16.7. The molecule has 0 aliphatic carbocycles. The first-order chi connectivity index (χ1) is 10.9. The van der Waals surface area contributed by atoms with E-state index in [1.807, 2.05) is 20.8 Å². The van der Waals surface area contributed by atoms with Crippen molar-refractivity contribution in [2.45, 2.75) is 58.1 Å². The molecule has 1 aromatic rings. The number of hydrogen-bond acceptors (Lipinski definition) is 3. The molecule has 1 saturated heterocycles. The van der Waals surface area contributed by atoms with Crippen molar-refractivity contribution in [1.29, 1.82) is 0 Å². The second kappa shape index (κ2) is 8.34. The summed E-state index contributed by atoms with van der Waals surface area (Å²) in [5.74, 6) is 0. The second-order valence-electron chi connectivity index (χ2n) is 7.30. The third-order valence-corrected chi connectivity index (χ3v) is 4.16. The van der Waals surface area contributed by atoms with Crippen molar-refractivity contribution in [3.63, 3.8) is 0 Å². The number of nitrogens with one attached hydrogen (secondary N) is 1. The van der Waals surface area contributed by atoms with Gasteiger partial charge in [-0.2, -0.15) is 0 Å². The Balaban J connectivity index is 1.80. The topological polar surface area (TPSA) is 41.6 Å². The predicted octanol–water partition coefficient (Wildman–Crippen LogP) is 3.61. The molecule has 2 rings (SSSR count). The monoisotopic (exact) mass is 318 g/mol. The van der Waals surface area contributed by atoms with Crippen LogP contribution < -0.4 is 5.32 Å². The molecule has 1 aliphatic heterocycles. The van der Waals surface area contributed by atoms with Gasteiger partial charge in [0, 0.05) is 19.1 Å². The van der Waals surface area contributed by atoms with Crippen molar-refractivity contribution in [2.75, 3.05) is 19.6 Å². The van der Waals surface area contributed by atoms with Crippen LogP contribution in [0.1, 0.15) is 45.6 Å². The molecule has 1 aromatic carbocycles. The van der Waals surface area contributed by atoms with Crippen LogP contribution in [0.2, 0.25) is 0 Å². The molecule has 1 fully saturated rings. The lowest BCUT2D eigenvalue weighted by Gasteiger charge is -2.36. The van der Waals surface area contributed by atoms with Gasteiger partial charge in [0.05, 0.1) is 0 Å². The first-order valence-corrected chi connectivity index (χ1v) is 8.69. The first-order valence-electron chi connectivity index (χ1n) is 8.69. The van der Waals surface area contributed by atoms with Gasteiger partial charge in [-0.1, -0.05) is 36.8 Å². The molecule has 1 N–H and O–H groups in total. The standard InChI is InChI=1S/C19H30N2O2/c1-19(2,3)23-18(22)20-15-17-11-7-8-13-21(17)14-12-16-9-5-4-6-10-16/h4-6,9-10,17H,7-8,11-15H2,1-3H3,(H,20,22). The Kier molecular flexibility index (Phi) is 6.46. The van der Waals surface area contributed by atoms with E-state index in [0.29, 0.717) is 12.6 Å². The molecule has 0 radical (unpaired) electrons. The zero-order valence-corrected chi connectivity index (χ0v) is 14.7.